The van der Waals surface area contributed by atoms with Gasteiger partial charge in [-0.1, -0.05) is 29.8 Å². The Balaban J connectivity index is 2.47. The number of halogens is 1. The van der Waals surface area contributed by atoms with E-state index in [0.29, 0.717) is 24.4 Å². The van der Waals surface area contributed by atoms with Gasteiger partial charge < -0.3 is 11.1 Å². The fourth-order valence-corrected chi connectivity index (χ4v) is 1.67. The maximum atomic E-state index is 11.7. The molecule has 0 aromatic heterocycles. The molecule has 0 bridgehead atoms. The quantitative estimate of drug-likeness (QED) is 0.846. The first-order valence-electron chi connectivity index (χ1n) is 5.69. The van der Waals surface area contributed by atoms with Gasteiger partial charge in [0.1, 0.15) is 0 Å². The number of hydrogen-bond donors (Lipinski definition) is 2. The molecule has 0 heterocycles. The smallest absolute Gasteiger partial charge is 0.220 e. The van der Waals surface area contributed by atoms with Crippen molar-refractivity contribution in [2.75, 3.05) is 6.54 Å². The number of carbonyl (C=O) groups is 1. The van der Waals surface area contributed by atoms with Crippen LogP contribution < -0.4 is 11.1 Å². The summed E-state index contributed by atoms with van der Waals surface area (Å²) in [5.74, 6) is 0.000342. The van der Waals surface area contributed by atoms with E-state index < -0.39 is 0 Å². The second-order valence-electron chi connectivity index (χ2n) is 4.73. The van der Waals surface area contributed by atoms with Crippen molar-refractivity contribution in [1.82, 2.24) is 5.32 Å². The Morgan fingerprint density at radius 1 is 1.41 bits per heavy atom. The summed E-state index contributed by atoms with van der Waals surface area (Å²) < 4.78 is 0. The molecule has 0 saturated carbocycles. The summed E-state index contributed by atoms with van der Waals surface area (Å²) in [6, 6.07) is 7.56. The van der Waals surface area contributed by atoms with Gasteiger partial charge in [0.05, 0.1) is 0 Å². The molecule has 0 spiro atoms. The van der Waals surface area contributed by atoms with Crippen molar-refractivity contribution in [1.29, 1.82) is 0 Å². The average molecular weight is 255 g/mol. The number of nitrogens with two attached hydrogens (primary N) is 1. The molecule has 4 heteroatoms. The minimum atomic E-state index is -0.350. The van der Waals surface area contributed by atoms with Crippen LogP contribution in [0.2, 0.25) is 5.02 Å². The molecule has 1 aromatic carbocycles. The summed E-state index contributed by atoms with van der Waals surface area (Å²) >= 11 is 6.02. The Labute approximate surface area is 107 Å². The number of hydrogen-bond acceptors (Lipinski definition) is 2. The van der Waals surface area contributed by atoms with Crippen molar-refractivity contribution < 1.29 is 4.79 Å². The lowest BCUT2D eigenvalue weighted by atomic mass is 10.0. The standard InChI is InChI=1S/C13H19ClN2O/c1-13(2,9-15)16-12(17)8-7-10-5-3-4-6-11(10)14/h3-6H,7-9,15H2,1-2H3,(H,16,17). The molecule has 3 N–H and O–H groups in total. The monoisotopic (exact) mass is 254 g/mol. The number of aryl methyl sites for hydroxylation is 1. The zero-order valence-corrected chi connectivity index (χ0v) is 11.1. The molecule has 1 aromatic rings. The lowest BCUT2D eigenvalue weighted by Gasteiger charge is -2.24. The Kier molecular flexibility index (Phi) is 4.97. The molecule has 0 aliphatic heterocycles. The highest BCUT2D eigenvalue weighted by atomic mass is 35.5. The molecule has 0 aliphatic carbocycles. The van der Waals surface area contributed by atoms with Crippen LogP contribution in [-0.2, 0) is 11.2 Å². The highest BCUT2D eigenvalue weighted by Crippen LogP contribution is 2.16. The molecule has 1 rings (SSSR count). The highest BCUT2D eigenvalue weighted by Gasteiger charge is 2.17. The van der Waals surface area contributed by atoms with Crippen molar-refractivity contribution in [3.8, 4) is 0 Å². The molecule has 0 radical (unpaired) electrons. The minimum Gasteiger partial charge on any atom is -0.350 e. The Morgan fingerprint density at radius 2 is 2.06 bits per heavy atom. The zero-order chi connectivity index (χ0) is 12.9. The topological polar surface area (TPSA) is 55.1 Å². The van der Waals surface area contributed by atoms with Crippen LogP contribution in [0.3, 0.4) is 0 Å². The summed E-state index contributed by atoms with van der Waals surface area (Å²) in [4.78, 5) is 11.7. The molecule has 0 unspecified atom stereocenters. The van der Waals surface area contributed by atoms with Crippen LogP contribution in [0.1, 0.15) is 25.8 Å². The van der Waals surface area contributed by atoms with E-state index in [1.54, 1.807) is 0 Å². The van der Waals surface area contributed by atoms with Gasteiger partial charge in [0.2, 0.25) is 5.91 Å². The fourth-order valence-electron chi connectivity index (χ4n) is 1.44. The number of amides is 1. The van der Waals surface area contributed by atoms with Crippen LogP contribution in [0.4, 0.5) is 0 Å². The molecule has 94 valence electrons. The van der Waals surface area contributed by atoms with Gasteiger partial charge in [0, 0.05) is 23.5 Å². The van der Waals surface area contributed by atoms with Crippen LogP contribution in [0.5, 0.6) is 0 Å². The number of carbonyl (C=O) groups excluding carboxylic acids is 1. The predicted molar refractivity (Wildman–Crippen MR) is 71.0 cm³/mol. The van der Waals surface area contributed by atoms with E-state index in [0.717, 1.165) is 5.56 Å². The van der Waals surface area contributed by atoms with Crippen LogP contribution in [-0.4, -0.2) is 18.0 Å². The van der Waals surface area contributed by atoms with E-state index in [4.69, 9.17) is 17.3 Å². The second-order valence-corrected chi connectivity index (χ2v) is 5.13. The van der Waals surface area contributed by atoms with E-state index in [1.807, 2.05) is 38.1 Å². The molecular formula is C13H19ClN2O. The van der Waals surface area contributed by atoms with E-state index in [-0.39, 0.29) is 11.4 Å². The number of nitrogens with one attached hydrogen (secondary N) is 1. The molecule has 0 aliphatic rings. The first kappa shape index (κ1) is 14.0. The van der Waals surface area contributed by atoms with Gasteiger partial charge in [0.15, 0.2) is 0 Å². The summed E-state index contributed by atoms with van der Waals surface area (Å²) in [5, 5.41) is 3.60. The first-order valence-corrected chi connectivity index (χ1v) is 6.07. The Bertz CT molecular complexity index is 391. The largest absolute Gasteiger partial charge is 0.350 e. The van der Waals surface area contributed by atoms with E-state index >= 15 is 0 Å². The van der Waals surface area contributed by atoms with Crippen LogP contribution >= 0.6 is 11.6 Å². The van der Waals surface area contributed by atoms with Gasteiger partial charge >= 0.3 is 0 Å². The molecule has 3 nitrogen and oxygen atoms in total. The number of benzene rings is 1. The van der Waals surface area contributed by atoms with Crippen molar-refractivity contribution in [3.05, 3.63) is 34.9 Å². The lowest BCUT2D eigenvalue weighted by molar-refractivity contribution is -0.122. The van der Waals surface area contributed by atoms with Crippen LogP contribution in [0.25, 0.3) is 0 Å². The van der Waals surface area contributed by atoms with Crippen molar-refractivity contribution >= 4 is 17.5 Å². The Morgan fingerprint density at radius 3 is 2.65 bits per heavy atom. The maximum Gasteiger partial charge on any atom is 0.220 e. The van der Waals surface area contributed by atoms with Gasteiger partial charge in [-0.2, -0.15) is 0 Å². The van der Waals surface area contributed by atoms with Gasteiger partial charge in [-0.15, -0.1) is 0 Å². The third kappa shape index (κ3) is 4.75. The molecule has 17 heavy (non-hydrogen) atoms. The average Bonchev–Trinajstić information content (AvgIpc) is 2.27. The van der Waals surface area contributed by atoms with Crippen molar-refractivity contribution in [2.24, 2.45) is 5.73 Å². The third-order valence-corrected chi connectivity index (χ3v) is 2.94. The normalized spacial score (nSPS) is 11.3. The lowest BCUT2D eigenvalue weighted by Crippen LogP contribution is -2.48. The van der Waals surface area contributed by atoms with E-state index in [9.17, 15) is 4.79 Å². The first-order chi connectivity index (χ1) is 7.94. The van der Waals surface area contributed by atoms with E-state index in [1.165, 1.54) is 0 Å². The SMILES string of the molecule is CC(C)(CN)NC(=O)CCc1ccccc1Cl. The third-order valence-electron chi connectivity index (χ3n) is 2.57. The molecule has 0 atom stereocenters. The summed E-state index contributed by atoms with van der Waals surface area (Å²) in [5.41, 5.74) is 6.20. The molecular weight excluding hydrogens is 236 g/mol. The summed E-state index contributed by atoms with van der Waals surface area (Å²) in [6.45, 7) is 4.23. The molecule has 0 saturated heterocycles. The summed E-state index contributed by atoms with van der Waals surface area (Å²) in [6.07, 6.45) is 1.07. The molecule has 1 amide bonds. The fraction of sp³-hybridized carbons (Fsp3) is 0.462. The van der Waals surface area contributed by atoms with Crippen LogP contribution in [0.15, 0.2) is 24.3 Å². The van der Waals surface area contributed by atoms with Gasteiger partial charge in [-0.25, -0.2) is 0 Å². The predicted octanol–water partition coefficient (Wildman–Crippen LogP) is 2.13. The Hall–Kier alpha value is -1.06. The number of rotatable bonds is 5. The highest BCUT2D eigenvalue weighted by molar-refractivity contribution is 6.31. The van der Waals surface area contributed by atoms with Gasteiger partial charge in [-0.3, -0.25) is 4.79 Å². The maximum absolute atomic E-state index is 11.7. The second kappa shape index (κ2) is 6.03. The van der Waals surface area contributed by atoms with Crippen molar-refractivity contribution in [2.45, 2.75) is 32.2 Å². The minimum absolute atomic E-state index is 0.000342. The van der Waals surface area contributed by atoms with Crippen molar-refractivity contribution in [3.63, 3.8) is 0 Å². The summed E-state index contributed by atoms with van der Waals surface area (Å²) in [7, 11) is 0. The zero-order valence-electron chi connectivity index (χ0n) is 10.3. The molecule has 0 fully saturated rings. The van der Waals surface area contributed by atoms with Gasteiger partial charge in [0.25, 0.3) is 0 Å². The van der Waals surface area contributed by atoms with Crippen LogP contribution in [0, 0.1) is 0 Å². The van der Waals surface area contributed by atoms with Gasteiger partial charge in [-0.05, 0) is 31.9 Å². The van der Waals surface area contributed by atoms with E-state index in [2.05, 4.69) is 5.32 Å².